The number of nitrogens with one attached hydrogen (secondary N) is 1. The van der Waals surface area contributed by atoms with Crippen molar-refractivity contribution in [1.82, 2.24) is 24.6 Å². The summed E-state index contributed by atoms with van der Waals surface area (Å²) < 4.78 is 15.5. The summed E-state index contributed by atoms with van der Waals surface area (Å²) in [7, 11) is 0. The zero-order valence-electron chi connectivity index (χ0n) is 16.6. The molecule has 0 fully saturated rings. The van der Waals surface area contributed by atoms with Crippen molar-refractivity contribution in [3.63, 3.8) is 0 Å². The maximum Gasteiger partial charge on any atom is 0.228 e. The van der Waals surface area contributed by atoms with Crippen molar-refractivity contribution >= 4 is 11.6 Å². The van der Waals surface area contributed by atoms with Crippen LogP contribution in [0.3, 0.4) is 0 Å². The molecule has 5 rings (SSSR count). The minimum Gasteiger partial charge on any atom is -0.351 e. The highest BCUT2D eigenvalue weighted by atomic mass is 19.1. The van der Waals surface area contributed by atoms with Crippen LogP contribution in [0.25, 0.3) is 17.0 Å². The number of hydrogen-bond donors (Lipinski definition) is 1. The van der Waals surface area contributed by atoms with Crippen molar-refractivity contribution in [2.24, 2.45) is 0 Å². The van der Waals surface area contributed by atoms with Crippen molar-refractivity contribution in [2.45, 2.75) is 51.5 Å². The Kier molecular flexibility index (Phi) is 4.38. The molecule has 0 saturated carbocycles. The first kappa shape index (κ1) is 18.0. The van der Waals surface area contributed by atoms with E-state index in [2.05, 4.69) is 41.4 Å². The van der Waals surface area contributed by atoms with Crippen LogP contribution in [0.4, 0.5) is 10.3 Å². The van der Waals surface area contributed by atoms with E-state index in [-0.39, 0.29) is 12.0 Å². The molecule has 3 aromatic heterocycles. The van der Waals surface area contributed by atoms with Crippen molar-refractivity contribution in [2.75, 3.05) is 5.32 Å². The molecule has 1 N–H and O–H groups in total. The number of aromatic nitrogens is 5. The molecular weight excluding hydrogens is 367 g/mol. The number of nitrogens with zero attached hydrogens (tertiary/aromatic N) is 5. The molecule has 29 heavy (non-hydrogen) atoms. The Morgan fingerprint density at radius 2 is 2.10 bits per heavy atom. The average Bonchev–Trinajstić information content (AvgIpc) is 3.34. The van der Waals surface area contributed by atoms with E-state index in [9.17, 15) is 4.39 Å². The lowest BCUT2D eigenvalue weighted by Crippen LogP contribution is -2.25. The highest BCUT2D eigenvalue weighted by Gasteiger charge is 2.24. The second kappa shape index (κ2) is 7.06. The molecule has 0 amide bonds. The summed E-state index contributed by atoms with van der Waals surface area (Å²) in [6.07, 6.45) is 13.3. The van der Waals surface area contributed by atoms with Gasteiger partial charge in [0.05, 0.1) is 12.4 Å². The molecule has 0 unspecified atom stereocenters. The van der Waals surface area contributed by atoms with Crippen LogP contribution in [0.5, 0.6) is 0 Å². The van der Waals surface area contributed by atoms with Gasteiger partial charge in [-0.1, -0.05) is 31.6 Å². The first-order chi connectivity index (χ1) is 14.1. The van der Waals surface area contributed by atoms with Crippen LogP contribution >= 0.6 is 0 Å². The number of pyridine rings is 1. The Hall–Kier alpha value is -3.09. The van der Waals surface area contributed by atoms with E-state index in [1.165, 1.54) is 17.8 Å². The summed E-state index contributed by atoms with van der Waals surface area (Å²) in [5, 5.41) is 8.12. The number of allylic oxidation sites excluding steroid dienone is 3. The van der Waals surface area contributed by atoms with Gasteiger partial charge < -0.3 is 5.32 Å². The van der Waals surface area contributed by atoms with Gasteiger partial charge in [0.1, 0.15) is 5.82 Å². The van der Waals surface area contributed by atoms with E-state index in [1.807, 2.05) is 6.20 Å². The first-order valence-electron chi connectivity index (χ1n) is 10.1. The van der Waals surface area contributed by atoms with Crippen LogP contribution in [0, 0.1) is 5.82 Å². The van der Waals surface area contributed by atoms with Gasteiger partial charge in [0.2, 0.25) is 5.95 Å². The van der Waals surface area contributed by atoms with Gasteiger partial charge in [-0.3, -0.25) is 4.98 Å². The Labute approximate surface area is 168 Å². The lowest BCUT2D eigenvalue weighted by molar-refractivity contribution is 0.601. The molecule has 2 aliphatic carbocycles. The van der Waals surface area contributed by atoms with E-state index in [0.29, 0.717) is 17.3 Å². The third-order valence-electron chi connectivity index (χ3n) is 5.71. The Morgan fingerprint density at radius 3 is 2.93 bits per heavy atom. The molecular formula is C22H23FN6. The van der Waals surface area contributed by atoms with Gasteiger partial charge in [0.25, 0.3) is 0 Å². The summed E-state index contributed by atoms with van der Waals surface area (Å²) in [4.78, 5) is 13.4. The molecule has 0 aromatic carbocycles. The lowest BCUT2D eigenvalue weighted by Gasteiger charge is -2.25. The highest BCUT2D eigenvalue weighted by Crippen LogP contribution is 2.34. The van der Waals surface area contributed by atoms with E-state index in [0.717, 1.165) is 36.9 Å². The predicted molar refractivity (Wildman–Crippen MR) is 110 cm³/mol. The van der Waals surface area contributed by atoms with E-state index in [1.54, 1.807) is 16.3 Å². The molecule has 3 heterocycles. The monoisotopic (exact) mass is 390 g/mol. The van der Waals surface area contributed by atoms with Crippen LogP contribution in [0.1, 0.15) is 51.0 Å². The molecule has 3 aromatic rings. The zero-order valence-corrected chi connectivity index (χ0v) is 16.6. The maximum atomic E-state index is 13.7. The number of rotatable bonds is 4. The fourth-order valence-electron chi connectivity index (χ4n) is 4.15. The SMILES string of the molecule is CC(C)c1cnn2c(N[C@@H]3CCC4=C(C=CC4)C3)nc(-c3cncc(F)c3)nc12. The van der Waals surface area contributed by atoms with Crippen LogP contribution < -0.4 is 5.32 Å². The Morgan fingerprint density at radius 1 is 1.21 bits per heavy atom. The summed E-state index contributed by atoms with van der Waals surface area (Å²) in [5.41, 5.74) is 5.33. The van der Waals surface area contributed by atoms with Crippen LogP contribution in [0.15, 0.2) is 48.0 Å². The molecule has 0 aliphatic heterocycles. The number of fused-ring (bicyclic) bond motifs is 1. The molecule has 2 aliphatic rings. The standard InChI is InChI=1S/C22H23FN6/c1-13(2)19-12-25-29-21(19)27-20(16-8-17(23)11-24-10-16)28-22(29)26-18-7-6-14-4-3-5-15(14)9-18/h3,5,8,10-13,18H,4,6-7,9H2,1-2H3,(H,26,27,28)/t18-/m1/s1. The summed E-state index contributed by atoms with van der Waals surface area (Å²) in [5.74, 6) is 0.945. The second-order valence-electron chi connectivity index (χ2n) is 8.07. The van der Waals surface area contributed by atoms with Crippen molar-refractivity contribution < 1.29 is 4.39 Å². The van der Waals surface area contributed by atoms with Gasteiger partial charge in [0, 0.05) is 23.4 Å². The minimum atomic E-state index is -0.405. The third kappa shape index (κ3) is 3.30. The van der Waals surface area contributed by atoms with Crippen molar-refractivity contribution in [3.05, 3.63) is 59.3 Å². The summed E-state index contributed by atoms with van der Waals surface area (Å²) >= 11 is 0. The molecule has 7 heteroatoms. The lowest BCUT2D eigenvalue weighted by atomic mass is 9.90. The van der Waals surface area contributed by atoms with E-state index < -0.39 is 5.82 Å². The van der Waals surface area contributed by atoms with Crippen LogP contribution in [-0.4, -0.2) is 30.6 Å². The van der Waals surface area contributed by atoms with Crippen molar-refractivity contribution in [1.29, 1.82) is 0 Å². The smallest absolute Gasteiger partial charge is 0.228 e. The number of halogens is 1. The molecule has 0 spiro atoms. The van der Waals surface area contributed by atoms with Gasteiger partial charge in [0.15, 0.2) is 11.5 Å². The molecule has 148 valence electrons. The Balaban J connectivity index is 1.57. The maximum absolute atomic E-state index is 13.7. The zero-order chi connectivity index (χ0) is 20.0. The third-order valence-corrected chi connectivity index (χ3v) is 5.71. The van der Waals surface area contributed by atoms with Crippen molar-refractivity contribution in [3.8, 4) is 11.4 Å². The van der Waals surface area contributed by atoms with E-state index in [4.69, 9.17) is 9.97 Å². The quantitative estimate of drug-likeness (QED) is 0.701. The van der Waals surface area contributed by atoms with Gasteiger partial charge in [-0.05, 0) is 43.2 Å². The molecule has 0 radical (unpaired) electrons. The van der Waals surface area contributed by atoms with Crippen LogP contribution in [0.2, 0.25) is 0 Å². The molecule has 1 atom stereocenters. The number of anilines is 1. The number of hydrogen-bond acceptors (Lipinski definition) is 5. The highest BCUT2D eigenvalue weighted by molar-refractivity contribution is 5.62. The summed E-state index contributed by atoms with van der Waals surface area (Å²) in [6.45, 7) is 4.22. The van der Waals surface area contributed by atoms with Crippen LogP contribution in [-0.2, 0) is 0 Å². The minimum absolute atomic E-state index is 0.264. The normalized spacial score (nSPS) is 18.7. The molecule has 6 nitrogen and oxygen atoms in total. The fourth-order valence-corrected chi connectivity index (χ4v) is 4.15. The van der Waals surface area contributed by atoms with Gasteiger partial charge in [-0.2, -0.15) is 14.6 Å². The fraction of sp³-hybridized carbons (Fsp3) is 0.364. The second-order valence-corrected chi connectivity index (χ2v) is 8.07. The topological polar surface area (TPSA) is 68.0 Å². The molecule has 0 saturated heterocycles. The summed E-state index contributed by atoms with van der Waals surface area (Å²) in [6, 6.07) is 1.69. The average molecular weight is 390 g/mol. The van der Waals surface area contributed by atoms with Gasteiger partial charge in [-0.25, -0.2) is 9.37 Å². The van der Waals surface area contributed by atoms with Gasteiger partial charge in [-0.15, -0.1) is 0 Å². The largest absolute Gasteiger partial charge is 0.351 e. The Bertz CT molecular complexity index is 1140. The van der Waals surface area contributed by atoms with Gasteiger partial charge >= 0.3 is 0 Å². The molecule has 0 bridgehead atoms. The predicted octanol–water partition coefficient (Wildman–Crippen LogP) is 4.67. The first-order valence-corrected chi connectivity index (χ1v) is 10.1. The van der Waals surface area contributed by atoms with E-state index >= 15 is 0 Å².